The summed E-state index contributed by atoms with van der Waals surface area (Å²) in [6.07, 6.45) is -9.22. The van der Waals surface area contributed by atoms with Gasteiger partial charge in [0.25, 0.3) is 0 Å². The van der Waals surface area contributed by atoms with E-state index < -0.39 is 59.7 Å². The third kappa shape index (κ3) is 8.63. The van der Waals surface area contributed by atoms with E-state index in [2.05, 4.69) is 0 Å². The number of amides is 2. The van der Waals surface area contributed by atoms with Crippen molar-refractivity contribution < 1.29 is 45.4 Å². The van der Waals surface area contributed by atoms with Gasteiger partial charge >= 0.3 is 12.4 Å². The number of benzene rings is 2. The third-order valence-electron chi connectivity index (χ3n) is 8.26. The quantitative estimate of drug-likeness (QED) is 0.410. The van der Waals surface area contributed by atoms with Crippen LogP contribution in [-0.4, -0.2) is 77.5 Å². The summed E-state index contributed by atoms with van der Waals surface area (Å²) in [5, 5.41) is 9.74. The highest BCUT2D eigenvalue weighted by molar-refractivity contribution is 5.85. The summed E-state index contributed by atoms with van der Waals surface area (Å²) in [5.41, 5.74) is -1.98. The maximum atomic E-state index is 13.9. The van der Waals surface area contributed by atoms with Crippen LogP contribution < -0.4 is 0 Å². The summed E-state index contributed by atoms with van der Waals surface area (Å²) in [6.45, 7) is 2.77. The van der Waals surface area contributed by atoms with Crippen LogP contribution in [0.2, 0.25) is 0 Å². The van der Waals surface area contributed by atoms with Gasteiger partial charge in [-0.3, -0.25) is 14.5 Å². The molecule has 2 fully saturated rings. The highest BCUT2D eigenvalue weighted by Gasteiger charge is 2.40. The smallest absolute Gasteiger partial charge is 0.393 e. The monoisotopic (exact) mass is 653 g/mol. The third-order valence-corrected chi connectivity index (χ3v) is 8.26. The summed E-state index contributed by atoms with van der Waals surface area (Å²) >= 11 is 0. The van der Waals surface area contributed by atoms with Gasteiger partial charge in [0.05, 0.1) is 23.8 Å². The van der Waals surface area contributed by atoms with Crippen molar-refractivity contribution in [3.8, 4) is 0 Å². The Morgan fingerprint density at radius 1 is 0.932 bits per heavy atom. The van der Waals surface area contributed by atoms with Crippen molar-refractivity contribution in [3.63, 3.8) is 0 Å². The van der Waals surface area contributed by atoms with Gasteiger partial charge in [-0.1, -0.05) is 6.07 Å². The van der Waals surface area contributed by atoms with Crippen molar-refractivity contribution in [2.75, 3.05) is 39.8 Å². The summed E-state index contributed by atoms with van der Waals surface area (Å²) in [5.74, 6) is -2.28. The molecule has 2 aliphatic rings. The van der Waals surface area contributed by atoms with Gasteiger partial charge in [0.2, 0.25) is 11.8 Å². The molecule has 0 saturated carbocycles. The van der Waals surface area contributed by atoms with Gasteiger partial charge in [-0.25, -0.2) is 4.39 Å². The van der Waals surface area contributed by atoms with Gasteiger partial charge in [-0.05, 0) is 79.8 Å². The minimum absolute atomic E-state index is 0. The van der Waals surface area contributed by atoms with Crippen LogP contribution in [0, 0.1) is 18.7 Å². The van der Waals surface area contributed by atoms with Gasteiger partial charge in [-0.15, -0.1) is 12.4 Å². The Balaban J connectivity index is 0.00000529. The van der Waals surface area contributed by atoms with Gasteiger partial charge < -0.3 is 14.9 Å². The molecule has 0 spiro atoms. The lowest BCUT2D eigenvalue weighted by Crippen LogP contribution is -2.50. The molecular formula is C30H35ClF7N3O3. The van der Waals surface area contributed by atoms with Crippen LogP contribution in [0.3, 0.4) is 0 Å². The average Bonchev–Trinajstić information content (AvgIpc) is 2.92. The second-order valence-electron chi connectivity index (χ2n) is 11.5. The molecule has 0 aliphatic carbocycles. The Bertz CT molecular complexity index is 1300. The van der Waals surface area contributed by atoms with E-state index >= 15 is 0 Å². The average molecular weight is 654 g/mol. The second kappa shape index (κ2) is 14.0. The number of carbonyl (C=O) groups is 2. The van der Waals surface area contributed by atoms with Crippen LogP contribution in [-0.2, 0) is 28.5 Å². The van der Waals surface area contributed by atoms with Crippen LogP contribution in [0.15, 0.2) is 36.4 Å². The van der Waals surface area contributed by atoms with E-state index in [0.717, 1.165) is 4.90 Å². The highest BCUT2D eigenvalue weighted by atomic mass is 35.5. The SMILES string of the molecule is Cc1cc(F)ccc1[C@@H]1CN(CC(=O)N2CCC(O)CC2)CC[C@H]1C(=O)N(C)Cc1cc(C(F)(F)F)cc(C(F)(F)F)c1.Cl. The van der Waals surface area contributed by atoms with E-state index in [1.165, 1.54) is 19.2 Å². The molecule has 2 saturated heterocycles. The molecule has 2 heterocycles. The fourth-order valence-electron chi connectivity index (χ4n) is 5.98. The number of nitrogens with zero attached hydrogens (tertiary/aromatic N) is 3. The first-order valence-electron chi connectivity index (χ1n) is 14.0. The Kier molecular flexibility index (Phi) is 11.3. The number of piperidine rings is 2. The van der Waals surface area contributed by atoms with E-state index in [0.29, 0.717) is 55.7 Å². The molecule has 6 nitrogen and oxygen atoms in total. The van der Waals surface area contributed by atoms with Crippen molar-refractivity contribution in [1.29, 1.82) is 0 Å². The van der Waals surface area contributed by atoms with Crippen molar-refractivity contribution in [2.45, 2.75) is 57.1 Å². The minimum Gasteiger partial charge on any atom is -0.393 e. The first-order valence-corrected chi connectivity index (χ1v) is 14.0. The number of hydrogen-bond donors (Lipinski definition) is 1. The van der Waals surface area contributed by atoms with Crippen molar-refractivity contribution in [3.05, 3.63) is 70.0 Å². The maximum Gasteiger partial charge on any atom is 0.416 e. The van der Waals surface area contributed by atoms with Crippen LogP contribution >= 0.6 is 12.4 Å². The molecule has 2 aliphatic heterocycles. The number of halogens is 8. The van der Waals surface area contributed by atoms with Crippen molar-refractivity contribution in [1.82, 2.24) is 14.7 Å². The lowest BCUT2D eigenvalue weighted by molar-refractivity contribution is -0.143. The van der Waals surface area contributed by atoms with Crippen LogP contribution in [0.25, 0.3) is 0 Å². The van der Waals surface area contributed by atoms with E-state index in [1.807, 2.05) is 4.90 Å². The molecular weight excluding hydrogens is 619 g/mol. The Labute approximate surface area is 257 Å². The zero-order valence-electron chi connectivity index (χ0n) is 24.2. The van der Waals surface area contributed by atoms with Crippen LogP contribution in [0.5, 0.6) is 0 Å². The molecule has 2 aromatic carbocycles. The minimum atomic E-state index is -5.01. The molecule has 2 amide bonds. The number of aliphatic hydroxyl groups is 1. The molecule has 0 radical (unpaired) electrons. The normalized spacial score (nSPS) is 20.3. The van der Waals surface area contributed by atoms with Gasteiger partial charge in [0.1, 0.15) is 5.82 Å². The van der Waals surface area contributed by atoms with Crippen LogP contribution in [0.4, 0.5) is 30.7 Å². The molecule has 0 aromatic heterocycles. The molecule has 244 valence electrons. The summed E-state index contributed by atoms with van der Waals surface area (Å²) in [4.78, 5) is 31.4. The second-order valence-corrected chi connectivity index (χ2v) is 11.5. The number of likely N-dealkylation sites (tertiary alicyclic amines) is 2. The molecule has 0 unspecified atom stereocenters. The summed E-state index contributed by atoms with van der Waals surface area (Å²) in [7, 11) is 1.32. The lowest BCUT2D eigenvalue weighted by Gasteiger charge is -2.40. The topological polar surface area (TPSA) is 64.1 Å². The summed E-state index contributed by atoms with van der Waals surface area (Å²) in [6, 6.07) is 5.41. The zero-order chi connectivity index (χ0) is 31.7. The first-order chi connectivity index (χ1) is 20.0. The Morgan fingerprint density at radius 3 is 2.07 bits per heavy atom. The van der Waals surface area contributed by atoms with Gasteiger partial charge in [0.15, 0.2) is 0 Å². The largest absolute Gasteiger partial charge is 0.416 e. The summed E-state index contributed by atoms with van der Waals surface area (Å²) < 4.78 is 94.2. The van der Waals surface area contributed by atoms with Gasteiger partial charge in [0, 0.05) is 45.1 Å². The molecule has 2 aromatic rings. The van der Waals surface area contributed by atoms with Crippen LogP contribution in [0.1, 0.15) is 53.0 Å². The highest BCUT2D eigenvalue weighted by Crippen LogP contribution is 2.38. The number of hydrogen-bond acceptors (Lipinski definition) is 4. The Morgan fingerprint density at radius 2 is 1.52 bits per heavy atom. The number of carbonyl (C=O) groups excluding carboxylic acids is 2. The van der Waals surface area contributed by atoms with Gasteiger partial charge in [-0.2, -0.15) is 26.3 Å². The number of rotatable bonds is 6. The predicted octanol–water partition coefficient (Wildman–Crippen LogP) is 5.64. The molecule has 44 heavy (non-hydrogen) atoms. The fraction of sp³-hybridized carbons (Fsp3) is 0.533. The molecule has 14 heteroatoms. The van der Waals surface area contributed by atoms with E-state index in [1.54, 1.807) is 17.9 Å². The fourth-order valence-corrected chi connectivity index (χ4v) is 5.98. The maximum absolute atomic E-state index is 13.9. The predicted molar refractivity (Wildman–Crippen MR) is 150 cm³/mol. The van der Waals surface area contributed by atoms with E-state index in [-0.39, 0.29) is 49.5 Å². The van der Waals surface area contributed by atoms with E-state index in [9.17, 15) is 45.4 Å². The molecule has 4 rings (SSSR count). The van der Waals surface area contributed by atoms with Crippen molar-refractivity contribution in [2.24, 2.45) is 5.92 Å². The number of alkyl halides is 6. The lowest BCUT2D eigenvalue weighted by atomic mass is 9.78. The molecule has 1 N–H and O–H groups in total. The molecule has 0 bridgehead atoms. The standard InChI is InChI=1S/C30H34F7N3O3.ClH/c1-18-11-22(31)3-4-24(18)26-16-39(17-27(42)40-9-5-23(41)6-10-40)8-7-25(26)28(43)38(2)15-19-12-20(29(32,33)34)14-21(13-19)30(35,36)37;/h3-4,11-14,23,25-26,41H,5-10,15-17H2,1-2H3;1H/t25-,26+;/m1./s1. The molecule has 2 atom stereocenters. The first kappa shape index (κ1) is 35.6. The van der Waals surface area contributed by atoms with Crippen molar-refractivity contribution >= 4 is 24.2 Å². The number of aliphatic hydroxyl groups excluding tert-OH is 1. The zero-order valence-corrected chi connectivity index (χ0v) is 25.0. The number of aryl methyl sites for hydroxylation is 1. The van der Waals surface area contributed by atoms with E-state index in [4.69, 9.17) is 0 Å². The Hall–Kier alpha value is -2.90.